The number of aromatic nitrogens is 2. The molecule has 1 aromatic heterocycles. The van der Waals surface area contributed by atoms with E-state index in [1.54, 1.807) is 30.5 Å². The van der Waals surface area contributed by atoms with Gasteiger partial charge in [0.2, 0.25) is 0 Å². The lowest BCUT2D eigenvalue weighted by Gasteiger charge is -2.32. The van der Waals surface area contributed by atoms with Gasteiger partial charge in [0.25, 0.3) is 5.91 Å². The van der Waals surface area contributed by atoms with E-state index in [-0.39, 0.29) is 5.91 Å². The number of likely N-dealkylation sites (tertiary alicyclic amines) is 1. The van der Waals surface area contributed by atoms with Crippen LogP contribution in [0.5, 0.6) is 0 Å². The zero-order chi connectivity index (χ0) is 16.9. The second-order valence-corrected chi connectivity index (χ2v) is 6.03. The predicted octanol–water partition coefficient (Wildman–Crippen LogP) is 2.22. The van der Waals surface area contributed by atoms with Gasteiger partial charge in [-0.25, -0.2) is 4.79 Å². The molecule has 126 valence electrons. The minimum absolute atomic E-state index is 0.0176. The van der Waals surface area contributed by atoms with Gasteiger partial charge in [0.15, 0.2) is 0 Å². The van der Waals surface area contributed by atoms with Gasteiger partial charge in [0.1, 0.15) is 0 Å². The Bertz CT molecular complexity index is 687. The molecule has 0 radical (unpaired) electrons. The molecule has 0 unspecified atom stereocenters. The molecule has 0 atom stereocenters. The van der Waals surface area contributed by atoms with Crippen LogP contribution < -0.4 is 0 Å². The van der Waals surface area contributed by atoms with Gasteiger partial charge in [0, 0.05) is 37.6 Å². The molecule has 1 fully saturated rings. The first-order valence-corrected chi connectivity index (χ1v) is 8.12. The molecule has 1 amide bonds. The van der Waals surface area contributed by atoms with E-state index in [4.69, 9.17) is 0 Å². The third-order valence-electron chi connectivity index (χ3n) is 4.46. The van der Waals surface area contributed by atoms with Gasteiger partial charge < -0.3 is 9.64 Å². The number of carbonyl (C=O) groups is 2. The van der Waals surface area contributed by atoms with Gasteiger partial charge in [-0.05, 0) is 49.1 Å². The largest absolute Gasteiger partial charge is 0.465 e. The number of piperidine rings is 1. The molecule has 2 heterocycles. The number of benzene rings is 1. The van der Waals surface area contributed by atoms with Crippen LogP contribution in [0.15, 0.2) is 42.7 Å². The van der Waals surface area contributed by atoms with Crippen molar-refractivity contribution in [3.63, 3.8) is 0 Å². The Hall–Kier alpha value is -2.63. The second-order valence-electron chi connectivity index (χ2n) is 6.03. The molecule has 0 N–H and O–H groups in total. The fourth-order valence-corrected chi connectivity index (χ4v) is 3.04. The highest BCUT2D eigenvalue weighted by Gasteiger charge is 2.24. The fraction of sp³-hybridized carbons (Fsp3) is 0.389. The van der Waals surface area contributed by atoms with Crippen LogP contribution in [-0.2, 0) is 11.3 Å². The minimum Gasteiger partial charge on any atom is -0.465 e. The Morgan fingerprint density at radius 3 is 2.42 bits per heavy atom. The summed E-state index contributed by atoms with van der Waals surface area (Å²) in [6, 6.07) is 8.55. The second kappa shape index (κ2) is 7.29. The Balaban J connectivity index is 1.55. The number of nitrogens with zero attached hydrogens (tertiary/aromatic N) is 3. The average molecular weight is 327 g/mol. The Kier molecular flexibility index (Phi) is 4.93. The number of hydrogen-bond acceptors (Lipinski definition) is 4. The summed E-state index contributed by atoms with van der Waals surface area (Å²) in [6.07, 6.45) is 5.72. The zero-order valence-electron chi connectivity index (χ0n) is 13.7. The summed E-state index contributed by atoms with van der Waals surface area (Å²) in [4.78, 5) is 25.9. The summed E-state index contributed by atoms with van der Waals surface area (Å²) in [5.41, 5.74) is 1.06. The van der Waals surface area contributed by atoms with Crippen LogP contribution in [0.3, 0.4) is 0 Å². The fourth-order valence-electron chi connectivity index (χ4n) is 3.04. The van der Waals surface area contributed by atoms with Crippen molar-refractivity contribution in [2.24, 2.45) is 5.92 Å². The molecular weight excluding hydrogens is 306 g/mol. The van der Waals surface area contributed by atoms with Gasteiger partial charge >= 0.3 is 5.97 Å². The van der Waals surface area contributed by atoms with E-state index < -0.39 is 5.97 Å². The van der Waals surface area contributed by atoms with Crippen molar-refractivity contribution in [1.29, 1.82) is 0 Å². The van der Waals surface area contributed by atoms with E-state index in [2.05, 4.69) is 9.84 Å². The van der Waals surface area contributed by atoms with Crippen LogP contribution in [0.2, 0.25) is 0 Å². The number of esters is 1. The van der Waals surface area contributed by atoms with Crippen LogP contribution in [0.1, 0.15) is 33.6 Å². The van der Waals surface area contributed by atoms with Crippen molar-refractivity contribution in [2.75, 3.05) is 20.2 Å². The van der Waals surface area contributed by atoms with Crippen LogP contribution in [0.25, 0.3) is 0 Å². The molecule has 1 aliphatic rings. The Labute approximate surface area is 141 Å². The standard InChI is InChI=1S/C18H21N3O3/c1-24-18(23)16-5-3-15(4-6-16)17(22)20-11-7-14(8-12-20)13-21-10-2-9-19-21/h2-6,9-10,14H,7-8,11-13H2,1H3. The van der Waals surface area contributed by atoms with Crippen LogP contribution in [0, 0.1) is 5.92 Å². The molecule has 0 bridgehead atoms. The van der Waals surface area contributed by atoms with Crippen molar-refractivity contribution in [1.82, 2.24) is 14.7 Å². The van der Waals surface area contributed by atoms with Crippen LogP contribution in [-0.4, -0.2) is 46.8 Å². The molecule has 0 saturated carbocycles. The Morgan fingerprint density at radius 1 is 1.17 bits per heavy atom. The molecule has 0 aliphatic carbocycles. The van der Waals surface area contributed by atoms with Gasteiger partial charge in [-0.3, -0.25) is 9.48 Å². The van der Waals surface area contributed by atoms with Crippen molar-refractivity contribution < 1.29 is 14.3 Å². The highest BCUT2D eigenvalue weighted by atomic mass is 16.5. The van der Waals surface area contributed by atoms with Gasteiger partial charge in [-0.1, -0.05) is 0 Å². The van der Waals surface area contributed by atoms with E-state index >= 15 is 0 Å². The van der Waals surface area contributed by atoms with E-state index in [1.807, 2.05) is 21.8 Å². The highest BCUT2D eigenvalue weighted by molar-refractivity contribution is 5.96. The summed E-state index contributed by atoms with van der Waals surface area (Å²) in [5, 5.41) is 4.24. The molecule has 1 aromatic carbocycles. The van der Waals surface area contributed by atoms with Gasteiger partial charge in [0.05, 0.1) is 12.7 Å². The highest BCUT2D eigenvalue weighted by Crippen LogP contribution is 2.20. The number of ether oxygens (including phenoxy) is 1. The van der Waals surface area contributed by atoms with Crippen LogP contribution in [0.4, 0.5) is 0 Å². The molecule has 0 spiro atoms. The predicted molar refractivity (Wildman–Crippen MR) is 88.6 cm³/mol. The summed E-state index contributed by atoms with van der Waals surface area (Å²) in [6.45, 7) is 2.41. The molecule has 2 aromatic rings. The third-order valence-corrected chi connectivity index (χ3v) is 4.46. The number of amides is 1. The molecule has 3 rings (SSSR count). The van der Waals surface area contributed by atoms with E-state index in [1.165, 1.54) is 7.11 Å². The number of methoxy groups -OCH3 is 1. The number of rotatable bonds is 4. The molecule has 6 nitrogen and oxygen atoms in total. The smallest absolute Gasteiger partial charge is 0.337 e. The number of hydrogen-bond donors (Lipinski definition) is 0. The summed E-state index contributed by atoms with van der Waals surface area (Å²) < 4.78 is 6.62. The zero-order valence-corrected chi connectivity index (χ0v) is 13.7. The normalized spacial score (nSPS) is 15.3. The summed E-state index contributed by atoms with van der Waals surface area (Å²) >= 11 is 0. The lowest BCUT2D eigenvalue weighted by atomic mass is 9.96. The lowest BCUT2D eigenvalue weighted by Crippen LogP contribution is -2.39. The molecular formula is C18H21N3O3. The maximum absolute atomic E-state index is 12.6. The number of carbonyl (C=O) groups excluding carboxylic acids is 2. The summed E-state index contributed by atoms with van der Waals surface area (Å²) in [7, 11) is 1.34. The quantitative estimate of drug-likeness (QED) is 0.808. The van der Waals surface area contributed by atoms with Crippen molar-refractivity contribution >= 4 is 11.9 Å². The Morgan fingerprint density at radius 2 is 1.83 bits per heavy atom. The third kappa shape index (κ3) is 3.64. The maximum atomic E-state index is 12.6. The van der Waals surface area contributed by atoms with Crippen molar-refractivity contribution in [3.05, 3.63) is 53.9 Å². The summed E-state index contributed by atoms with van der Waals surface area (Å²) in [5.74, 6) is 0.174. The monoisotopic (exact) mass is 327 g/mol. The first-order valence-electron chi connectivity index (χ1n) is 8.12. The average Bonchev–Trinajstić information content (AvgIpc) is 3.14. The lowest BCUT2D eigenvalue weighted by molar-refractivity contribution is 0.0598. The first kappa shape index (κ1) is 16.2. The van der Waals surface area contributed by atoms with E-state index in [0.29, 0.717) is 17.0 Å². The minimum atomic E-state index is -0.395. The van der Waals surface area contributed by atoms with Gasteiger partial charge in [-0.15, -0.1) is 0 Å². The molecule has 1 saturated heterocycles. The van der Waals surface area contributed by atoms with Gasteiger partial charge in [-0.2, -0.15) is 5.10 Å². The molecule has 6 heteroatoms. The van der Waals surface area contributed by atoms with E-state index in [0.717, 1.165) is 32.5 Å². The molecule has 1 aliphatic heterocycles. The van der Waals surface area contributed by atoms with Crippen LogP contribution >= 0.6 is 0 Å². The first-order chi connectivity index (χ1) is 11.7. The topological polar surface area (TPSA) is 64.4 Å². The van der Waals surface area contributed by atoms with Crippen molar-refractivity contribution in [2.45, 2.75) is 19.4 Å². The SMILES string of the molecule is COC(=O)c1ccc(C(=O)N2CCC(Cn3cccn3)CC2)cc1. The molecule has 24 heavy (non-hydrogen) atoms. The maximum Gasteiger partial charge on any atom is 0.337 e. The van der Waals surface area contributed by atoms with Crippen molar-refractivity contribution in [3.8, 4) is 0 Å². The van der Waals surface area contributed by atoms with E-state index in [9.17, 15) is 9.59 Å².